The Hall–Kier alpha value is -1.75. The van der Waals surface area contributed by atoms with Crippen molar-refractivity contribution >= 4 is 28.9 Å². The zero-order valence-corrected chi connectivity index (χ0v) is 12.8. The topological polar surface area (TPSA) is 52.9 Å². The predicted molar refractivity (Wildman–Crippen MR) is 86.1 cm³/mol. The number of rotatable bonds is 1. The van der Waals surface area contributed by atoms with Crippen molar-refractivity contribution in [3.63, 3.8) is 0 Å². The summed E-state index contributed by atoms with van der Waals surface area (Å²) in [7, 11) is 0. The van der Waals surface area contributed by atoms with Crippen LogP contribution in [0.1, 0.15) is 25.3 Å². The molecule has 1 amide bonds. The molecule has 5 heteroatoms. The first-order valence-electron chi connectivity index (χ1n) is 7.18. The highest BCUT2D eigenvalue weighted by Crippen LogP contribution is 2.32. The monoisotopic (exact) mass is 302 g/mol. The van der Waals surface area contributed by atoms with E-state index in [1.54, 1.807) is 24.3 Å². The van der Waals surface area contributed by atoms with E-state index in [0.717, 1.165) is 30.2 Å². The third-order valence-electron chi connectivity index (χ3n) is 3.70. The number of benzene rings is 1. The lowest BCUT2D eigenvalue weighted by Gasteiger charge is -2.31. The number of thioether (sulfide) groups is 1. The standard InChI is InChI=1S/C16H18N2O2S/c1-11-4-3-7-18(10-11)16-17-15(20)14(21-16)9-12-5-2-6-13(19)8-12/h2,5-6,8-9,11,19H,3-4,7,10H2,1H3/b14-9-/t11-/m1/s1. The first-order chi connectivity index (χ1) is 10.1. The van der Waals surface area contributed by atoms with E-state index in [2.05, 4.69) is 16.8 Å². The Balaban J connectivity index is 1.75. The van der Waals surface area contributed by atoms with Crippen LogP contribution in [0, 0.1) is 5.92 Å². The van der Waals surface area contributed by atoms with Crippen molar-refractivity contribution in [3.05, 3.63) is 34.7 Å². The van der Waals surface area contributed by atoms with Crippen LogP contribution in [0.3, 0.4) is 0 Å². The zero-order valence-electron chi connectivity index (χ0n) is 12.0. The van der Waals surface area contributed by atoms with Crippen LogP contribution < -0.4 is 0 Å². The van der Waals surface area contributed by atoms with Crippen molar-refractivity contribution in [2.45, 2.75) is 19.8 Å². The van der Waals surface area contributed by atoms with E-state index in [9.17, 15) is 9.90 Å². The highest BCUT2D eigenvalue weighted by Gasteiger charge is 2.28. The first-order valence-corrected chi connectivity index (χ1v) is 8.00. The number of piperidine rings is 1. The quantitative estimate of drug-likeness (QED) is 0.810. The molecule has 2 aliphatic rings. The Morgan fingerprint density at radius 1 is 1.48 bits per heavy atom. The Morgan fingerprint density at radius 3 is 3.10 bits per heavy atom. The molecule has 1 aromatic carbocycles. The second-order valence-corrected chi connectivity index (χ2v) is 6.61. The summed E-state index contributed by atoms with van der Waals surface area (Å²) in [4.78, 5) is 19.0. The van der Waals surface area contributed by atoms with Crippen LogP contribution in [-0.4, -0.2) is 34.2 Å². The van der Waals surface area contributed by atoms with E-state index in [1.165, 1.54) is 18.2 Å². The predicted octanol–water partition coefficient (Wildman–Crippen LogP) is 3.09. The Kier molecular flexibility index (Phi) is 4.01. The van der Waals surface area contributed by atoms with E-state index in [1.807, 2.05) is 6.07 Å². The molecule has 4 nitrogen and oxygen atoms in total. The van der Waals surface area contributed by atoms with Crippen LogP contribution in [0.25, 0.3) is 6.08 Å². The molecular weight excluding hydrogens is 284 g/mol. The van der Waals surface area contributed by atoms with Gasteiger partial charge < -0.3 is 10.0 Å². The number of aliphatic imine (C=N–C) groups is 1. The van der Waals surface area contributed by atoms with Crippen LogP contribution in [0.5, 0.6) is 5.75 Å². The van der Waals surface area contributed by atoms with Gasteiger partial charge in [-0.1, -0.05) is 19.1 Å². The molecule has 0 aliphatic carbocycles. The largest absolute Gasteiger partial charge is 0.508 e. The number of amidine groups is 1. The fourth-order valence-electron chi connectivity index (χ4n) is 2.66. The van der Waals surface area contributed by atoms with E-state index < -0.39 is 0 Å². The minimum Gasteiger partial charge on any atom is -0.508 e. The van der Waals surface area contributed by atoms with Crippen molar-refractivity contribution in [2.75, 3.05) is 13.1 Å². The van der Waals surface area contributed by atoms with Crippen LogP contribution in [0.2, 0.25) is 0 Å². The number of aromatic hydroxyl groups is 1. The van der Waals surface area contributed by atoms with Gasteiger partial charge in [0.15, 0.2) is 5.17 Å². The number of likely N-dealkylation sites (tertiary alicyclic amines) is 1. The molecule has 0 unspecified atom stereocenters. The van der Waals surface area contributed by atoms with Gasteiger partial charge in [0, 0.05) is 13.1 Å². The molecule has 0 aromatic heterocycles. The average Bonchev–Trinajstić information content (AvgIpc) is 2.80. The van der Waals surface area contributed by atoms with E-state index >= 15 is 0 Å². The van der Waals surface area contributed by atoms with Crippen molar-refractivity contribution in [3.8, 4) is 5.75 Å². The van der Waals surface area contributed by atoms with Gasteiger partial charge in [0.1, 0.15) is 5.75 Å². The fourth-order valence-corrected chi connectivity index (χ4v) is 3.61. The molecule has 1 aromatic rings. The second-order valence-electron chi connectivity index (χ2n) is 5.60. The van der Waals surface area contributed by atoms with E-state index in [-0.39, 0.29) is 11.7 Å². The molecule has 1 saturated heterocycles. The van der Waals surface area contributed by atoms with Gasteiger partial charge in [-0.05, 0) is 54.3 Å². The van der Waals surface area contributed by atoms with Gasteiger partial charge >= 0.3 is 0 Å². The molecule has 1 fully saturated rings. The second kappa shape index (κ2) is 5.93. The van der Waals surface area contributed by atoms with Crippen molar-refractivity contribution in [1.82, 2.24) is 4.90 Å². The maximum atomic E-state index is 12.0. The molecular formula is C16H18N2O2S. The lowest BCUT2D eigenvalue weighted by atomic mass is 10.0. The van der Waals surface area contributed by atoms with Gasteiger partial charge in [0.25, 0.3) is 5.91 Å². The summed E-state index contributed by atoms with van der Waals surface area (Å²) in [6, 6.07) is 6.88. The van der Waals surface area contributed by atoms with Crippen molar-refractivity contribution in [1.29, 1.82) is 0 Å². The number of hydrogen-bond donors (Lipinski definition) is 1. The summed E-state index contributed by atoms with van der Waals surface area (Å²) in [5.74, 6) is 0.665. The molecule has 0 radical (unpaired) electrons. The fraction of sp³-hybridized carbons (Fsp3) is 0.375. The SMILES string of the molecule is C[C@@H]1CCCN(C2=NC(=O)/C(=C/c3cccc(O)c3)S2)C1. The van der Waals surface area contributed by atoms with Gasteiger partial charge in [-0.2, -0.15) is 4.99 Å². The van der Waals surface area contributed by atoms with Crippen molar-refractivity contribution < 1.29 is 9.90 Å². The average molecular weight is 302 g/mol. The maximum Gasteiger partial charge on any atom is 0.286 e. The number of amides is 1. The molecule has 0 bridgehead atoms. The van der Waals surface area contributed by atoms with E-state index in [0.29, 0.717) is 10.8 Å². The van der Waals surface area contributed by atoms with Gasteiger partial charge in [-0.15, -0.1) is 0 Å². The summed E-state index contributed by atoms with van der Waals surface area (Å²) < 4.78 is 0. The van der Waals surface area contributed by atoms with Gasteiger partial charge in [-0.3, -0.25) is 4.79 Å². The lowest BCUT2D eigenvalue weighted by molar-refractivity contribution is -0.113. The molecule has 3 rings (SSSR count). The minimum absolute atomic E-state index is 0.184. The number of carbonyl (C=O) groups excluding carboxylic acids is 1. The highest BCUT2D eigenvalue weighted by molar-refractivity contribution is 8.18. The smallest absolute Gasteiger partial charge is 0.286 e. The molecule has 1 N–H and O–H groups in total. The number of phenols is 1. The minimum atomic E-state index is -0.184. The molecule has 0 spiro atoms. The molecule has 110 valence electrons. The summed E-state index contributed by atoms with van der Waals surface area (Å²) in [6.45, 7) is 4.18. The van der Waals surface area contributed by atoms with Crippen LogP contribution in [0.15, 0.2) is 34.2 Å². The summed E-state index contributed by atoms with van der Waals surface area (Å²) in [6.07, 6.45) is 4.19. The molecule has 21 heavy (non-hydrogen) atoms. The van der Waals surface area contributed by atoms with Gasteiger partial charge in [0.2, 0.25) is 0 Å². The van der Waals surface area contributed by atoms with Gasteiger partial charge in [0.05, 0.1) is 4.91 Å². The van der Waals surface area contributed by atoms with Crippen LogP contribution in [-0.2, 0) is 4.79 Å². The Labute approximate surface area is 128 Å². The molecule has 2 heterocycles. The molecule has 1 atom stereocenters. The summed E-state index contributed by atoms with van der Waals surface area (Å²) >= 11 is 1.43. The zero-order chi connectivity index (χ0) is 14.8. The van der Waals surface area contributed by atoms with Crippen LogP contribution in [0.4, 0.5) is 0 Å². The van der Waals surface area contributed by atoms with Gasteiger partial charge in [-0.25, -0.2) is 0 Å². The third kappa shape index (κ3) is 3.29. The summed E-state index contributed by atoms with van der Waals surface area (Å²) in [5, 5.41) is 10.3. The Bertz CT molecular complexity index is 624. The molecule has 0 saturated carbocycles. The number of nitrogens with zero attached hydrogens (tertiary/aromatic N) is 2. The number of phenolic OH excluding ortho intramolecular Hbond substituents is 1. The highest BCUT2D eigenvalue weighted by atomic mass is 32.2. The molecule has 2 aliphatic heterocycles. The van der Waals surface area contributed by atoms with Crippen molar-refractivity contribution in [2.24, 2.45) is 10.9 Å². The number of hydrogen-bond acceptors (Lipinski definition) is 4. The number of carbonyl (C=O) groups is 1. The maximum absolute atomic E-state index is 12.0. The lowest BCUT2D eigenvalue weighted by Crippen LogP contribution is -2.37. The normalized spacial score (nSPS) is 24.5. The third-order valence-corrected chi connectivity index (χ3v) is 4.75. The summed E-state index contributed by atoms with van der Waals surface area (Å²) in [5.41, 5.74) is 0.814. The first kappa shape index (κ1) is 14.2. The van der Waals surface area contributed by atoms with E-state index in [4.69, 9.17) is 0 Å². The van der Waals surface area contributed by atoms with Crippen LogP contribution >= 0.6 is 11.8 Å². The Morgan fingerprint density at radius 2 is 2.33 bits per heavy atom.